The average molecular weight is 313 g/mol. The molecule has 2 N–H and O–H groups in total. The second-order valence-electron chi connectivity index (χ2n) is 4.83. The van der Waals surface area contributed by atoms with Gasteiger partial charge in [0.15, 0.2) is 0 Å². The molecule has 0 spiro atoms. The number of carbonyl (C=O) groups is 1. The predicted molar refractivity (Wildman–Crippen MR) is 79.0 cm³/mol. The number of halogens is 1. The molecule has 0 saturated heterocycles. The molecule has 2 heterocycles. The predicted octanol–water partition coefficient (Wildman–Crippen LogP) is 1.97. The number of aliphatic hydroxyl groups is 1. The Morgan fingerprint density at radius 2 is 2.09 bits per heavy atom. The zero-order valence-corrected chi connectivity index (χ0v) is 11.8. The van der Waals surface area contributed by atoms with Gasteiger partial charge in [-0.2, -0.15) is 5.21 Å². The van der Waals surface area contributed by atoms with E-state index in [1.54, 1.807) is 30.6 Å². The first kappa shape index (κ1) is 14.6. The number of tetrazole rings is 1. The number of allylic oxidation sites excluding steroid dienone is 1. The summed E-state index contributed by atoms with van der Waals surface area (Å²) in [5, 5.41) is 22.5. The van der Waals surface area contributed by atoms with Crippen molar-refractivity contribution in [3.63, 3.8) is 0 Å². The molecule has 2 aromatic heterocycles. The summed E-state index contributed by atoms with van der Waals surface area (Å²) >= 11 is 0. The van der Waals surface area contributed by atoms with E-state index in [4.69, 9.17) is 0 Å². The van der Waals surface area contributed by atoms with Crippen LogP contribution in [0.15, 0.2) is 48.8 Å². The Labute approximate surface area is 130 Å². The third-order valence-corrected chi connectivity index (χ3v) is 3.16. The molecule has 1 aromatic carbocycles. The maximum absolute atomic E-state index is 12.9. The SMILES string of the molecule is O=C(C=C(O)c1ccn(Cc2ccc(F)cc2)c1)c1nn[nH]n1. The standard InChI is InChI=1S/C15H12FN5O2/c16-12-3-1-10(2-4-12)8-21-6-5-11(9-21)13(22)7-14(23)15-17-19-20-18-15/h1-7,9,22H,8H2,(H,17,18,19,20). The van der Waals surface area contributed by atoms with Crippen LogP contribution in [0.3, 0.4) is 0 Å². The molecule has 0 fully saturated rings. The van der Waals surface area contributed by atoms with Crippen LogP contribution < -0.4 is 0 Å². The van der Waals surface area contributed by atoms with Gasteiger partial charge in [-0.1, -0.05) is 12.1 Å². The number of rotatable bonds is 5. The van der Waals surface area contributed by atoms with E-state index in [1.807, 2.05) is 4.57 Å². The van der Waals surface area contributed by atoms with Crippen LogP contribution >= 0.6 is 0 Å². The van der Waals surface area contributed by atoms with Crippen LogP contribution in [0.5, 0.6) is 0 Å². The van der Waals surface area contributed by atoms with E-state index in [0.29, 0.717) is 12.1 Å². The lowest BCUT2D eigenvalue weighted by Gasteiger charge is -2.03. The van der Waals surface area contributed by atoms with Crippen molar-refractivity contribution in [2.24, 2.45) is 0 Å². The van der Waals surface area contributed by atoms with Gasteiger partial charge in [-0.25, -0.2) is 4.39 Å². The second-order valence-corrected chi connectivity index (χ2v) is 4.83. The Bertz CT molecular complexity index is 837. The molecule has 0 aliphatic heterocycles. The van der Waals surface area contributed by atoms with Gasteiger partial charge in [-0.3, -0.25) is 4.79 Å². The topological polar surface area (TPSA) is 96.7 Å². The zero-order valence-electron chi connectivity index (χ0n) is 11.8. The molecule has 8 heteroatoms. The van der Waals surface area contributed by atoms with Gasteiger partial charge < -0.3 is 9.67 Å². The van der Waals surface area contributed by atoms with Gasteiger partial charge in [-0.05, 0) is 29.0 Å². The van der Waals surface area contributed by atoms with Gasteiger partial charge in [0.05, 0.1) is 0 Å². The molecule has 0 atom stereocenters. The van der Waals surface area contributed by atoms with Crippen LogP contribution in [0.25, 0.3) is 5.76 Å². The number of hydrogen-bond donors (Lipinski definition) is 2. The highest BCUT2D eigenvalue weighted by Crippen LogP contribution is 2.14. The van der Waals surface area contributed by atoms with Crippen molar-refractivity contribution < 1.29 is 14.3 Å². The number of nitrogens with one attached hydrogen (secondary N) is 1. The zero-order chi connectivity index (χ0) is 16.2. The molecule has 116 valence electrons. The number of ketones is 1. The lowest BCUT2D eigenvalue weighted by Crippen LogP contribution is -1.99. The highest BCUT2D eigenvalue weighted by Gasteiger charge is 2.11. The highest BCUT2D eigenvalue weighted by atomic mass is 19.1. The number of hydrogen-bond acceptors (Lipinski definition) is 5. The summed E-state index contributed by atoms with van der Waals surface area (Å²) in [5.74, 6) is -1.16. The Balaban J connectivity index is 1.73. The molecule has 3 aromatic rings. The molecule has 0 amide bonds. The van der Waals surface area contributed by atoms with Crippen molar-refractivity contribution >= 4 is 11.5 Å². The first-order valence-electron chi connectivity index (χ1n) is 6.71. The normalized spacial score (nSPS) is 11.6. The van der Waals surface area contributed by atoms with Crippen molar-refractivity contribution in [1.82, 2.24) is 25.2 Å². The minimum atomic E-state index is -0.553. The summed E-state index contributed by atoms with van der Waals surface area (Å²) in [6, 6.07) is 7.81. The number of aromatic amines is 1. The van der Waals surface area contributed by atoms with E-state index in [9.17, 15) is 14.3 Å². The Kier molecular flexibility index (Phi) is 3.96. The van der Waals surface area contributed by atoms with E-state index in [-0.39, 0.29) is 17.4 Å². The van der Waals surface area contributed by atoms with Gasteiger partial charge in [-0.15, -0.1) is 10.2 Å². The molecule has 0 bridgehead atoms. The van der Waals surface area contributed by atoms with Crippen molar-refractivity contribution in [2.45, 2.75) is 6.54 Å². The molecule has 0 aliphatic carbocycles. The fourth-order valence-electron chi connectivity index (χ4n) is 2.03. The van der Waals surface area contributed by atoms with Gasteiger partial charge in [0.1, 0.15) is 11.6 Å². The minimum Gasteiger partial charge on any atom is -0.507 e. The second kappa shape index (κ2) is 6.22. The maximum Gasteiger partial charge on any atom is 0.244 e. The summed E-state index contributed by atoms with van der Waals surface area (Å²) in [6.45, 7) is 0.520. The lowest BCUT2D eigenvalue weighted by atomic mass is 10.2. The lowest BCUT2D eigenvalue weighted by molar-refractivity contribution is 0.103. The Morgan fingerprint density at radius 3 is 2.78 bits per heavy atom. The largest absolute Gasteiger partial charge is 0.507 e. The minimum absolute atomic E-state index is 0.123. The van der Waals surface area contributed by atoms with Crippen LogP contribution in [0.1, 0.15) is 21.7 Å². The first-order valence-corrected chi connectivity index (χ1v) is 6.71. The van der Waals surface area contributed by atoms with Crippen LogP contribution in [-0.2, 0) is 6.54 Å². The molecule has 3 rings (SSSR count). The van der Waals surface area contributed by atoms with Crippen LogP contribution in [0, 0.1) is 5.82 Å². The molecule has 7 nitrogen and oxygen atoms in total. The number of benzene rings is 1. The van der Waals surface area contributed by atoms with Crippen LogP contribution in [0.4, 0.5) is 4.39 Å². The van der Waals surface area contributed by atoms with Crippen molar-refractivity contribution in [3.05, 3.63) is 71.6 Å². The van der Waals surface area contributed by atoms with Crippen molar-refractivity contribution in [3.8, 4) is 0 Å². The van der Waals surface area contributed by atoms with Gasteiger partial charge in [0, 0.05) is 30.6 Å². The first-order chi connectivity index (χ1) is 11.1. The third-order valence-electron chi connectivity index (χ3n) is 3.16. The monoisotopic (exact) mass is 313 g/mol. The fraction of sp³-hybridized carbons (Fsp3) is 0.0667. The van der Waals surface area contributed by atoms with E-state index >= 15 is 0 Å². The molecular formula is C15H12FN5O2. The fourth-order valence-corrected chi connectivity index (χ4v) is 2.03. The Hall–Kier alpha value is -3.29. The Morgan fingerprint density at radius 1 is 1.30 bits per heavy atom. The van der Waals surface area contributed by atoms with E-state index in [2.05, 4.69) is 20.6 Å². The molecule has 23 heavy (non-hydrogen) atoms. The van der Waals surface area contributed by atoms with Crippen molar-refractivity contribution in [1.29, 1.82) is 0 Å². The number of nitrogens with zero attached hydrogens (tertiary/aromatic N) is 4. The summed E-state index contributed by atoms with van der Waals surface area (Å²) in [7, 11) is 0. The average Bonchev–Trinajstić information content (AvgIpc) is 3.21. The van der Waals surface area contributed by atoms with Crippen LogP contribution in [0.2, 0.25) is 0 Å². The smallest absolute Gasteiger partial charge is 0.244 e. The molecule has 0 aliphatic rings. The number of carbonyl (C=O) groups excluding carboxylic acids is 1. The van der Waals surface area contributed by atoms with E-state index in [0.717, 1.165) is 11.6 Å². The molecule has 0 radical (unpaired) electrons. The molecular weight excluding hydrogens is 301 g/mol. The maximum atomic E-state index is 12.9. The molecule has 0 saturated carbocycles. The van der Waals surface area contributed by atoms with E-state index < -0.39 is 5.78 Å². The summed E-state index contributed by atoms with van der Waals surface area (Å²) in [4.78, 5) is 11.8. The van der Waals surface area contributed by atoms with Gasteiger partial charge in [0.2, 0.25) is 11.6 Å². The third kappa shape index (κ3) is 3.49. The summed E-state index contributed by atoms with van der Waals surface area (Å²) < 4.78 is 14.7. The van der Waals surface area contributed by atoms with Gasteiger partial charge >= 0.3 is 0 Å². The summed E-state index contributed by atoms with van der Waals surface area (Å²) in [6.07, 6.45) is 4.46. The van der Waals surface area contributed by atoms with Gasteiger partial charge in [0.25, 0.3) is 0 Å². The molecule has 0 unspecified atom stereocenters. The van der Waals surface area contributed by atoms with Crippen molar-refractivity contribution in [2.75, 3.05) is 0 Å². The van der Waals surface area contributed by atoms with Crippen LogP contribution in [-0.4, -0.2) is 36.1 Å². The number of aliphatic hydroxyl groups excluding tert-OH is 1. The highest BCUT2D eigenvalue weighted by molar-refractivity contribution is 6.05. The quantitative estimate of drug-likeness (QED) is 0.426. The van der Waals surface area contributed by atoms with E-state index in [1.165, 1.54) is 12.1 Å². The number of H-pyrrole nitrogens is 1. The number of aromatic nitrogens is 5. The summed E-state index contributed by atoms with van der Waals surface area (Å²) in [5.41, 5.74) is 1.39.